The van der Waals surface area contributed by atoms with Crippen LogP contribution in [0.25, 0.3) is 33.4 Å². The molecule has 0 aromatic heterocycles. The first kappa shape index (κ1) is 74.3. The minimum absolute atomic E-state index is 0.0816. The second-order valence-corrected chi connectivity index (χ2v) is 25.4. The summed E-state index contributed by atoms with van der Waals surface area (Å²) in [7, 11) is 7.69. The summed E-state index contributed by atoms with van der Waals surface area (Å²) in [6.45, 7) is 2.88. The number of aromatic hydroxyl groups is 2. The van der Waals surface area contributed by atoms with Gasteiger partial charge in [0.2, 0.25) is 34.9 Å². The van der Waals surface area contributed by atoms with Gasteiger partial charge in [-0.15, -0.1) is 0 Å². The first-order valence-electron chi connectivity index (χ1n) is 34.2. The number of carboxylic acids is 1. The molecule has 4 aromatic carbocycles. The minimum atomic E-state index is -1.44. The predicted molar refractivity (Wildman–Crippen MR) is 369 cm³/mol. The van der Waals surface area contributed by atoms with Crippen molar-refractivity contribution in [1.29, 1.82) is 0 Å². The normalized spacial score (nSPS) is 12.2. The van der Waals surface area contributed by atoms with Crippen molar-refractivity contribution in [2.75, 3.05) is 46.2 Å². The average molecular weight is 1290 g/mol. The van der Waals surface area contributed by atoms with Crippen LogP contribution in [-0.2, 0) is 36.8 Å². The lowest BCUT2D eigenvalue weighted by molar-refractivity contribution is -0.255. The van der Waals surface area contributed by atoms with Crippen LogP contribution in [0.1, 0.15) is 199 Å². The first-order valence-corrected chi connectivity index (χ1v) is 34.2. The van der Waals surface area contributed by atoms with E-state index in [1.165, 1.54) is 75.3 Å². The van der Waals surface area contributed by atoms with Gasteiger partial charge in [0.15, 0.2) is 0 Å². The SMILES string of the molecule is CCCCCCCCCCCCCC(=O)NC(Cc1ccc(O)cc1)C(=O)NC(Cc1ccc(O)cc1)C(=O)NCCCCCCCCCCCC(=O)NC(CCCCNC(=O)c1ccc(-c2c3ccc(=[N+](C)C)cc-3oc3cc(N(C)C)ccc23)c(C(=O)[O-])c1)C(N)=O. The van der Waals surface area contributed by atoms with Crippen LogP contribution in [0.5, 0.6) is 11.5 Å². The van der Waals surface area contributed by atoms with E-state index in [1.807, 2.05) is 74.1 Å². The number of unbranched alkanes of at least 4 members (excludes halogenated alkanes) is 19. The van der Waals surface area contributed by atoms with Gasteiger partial charge in [-0.1, -0.05) is 146 Å². The highest BCUT2D eigenvalue weighted by atomic mass is 16.4. The average Bonchev–Trinajstić information content (AvgIpc) is 0.746. The van der Waals surface area contributed by atoms with Crippen LogP contribution >= 0.6 is 0 Å². The van der Waals surface area contributed by atoms with Gasteiger partial charge in [0.1, 0.15) is 55.1 Å². The number of phenols is 2. The number of carbonyl (C=O) groups is 7. The Morgan fingerprint density at radius 1 is 0.543 bits per heavy atom. The smallest absolute Gasteiger partial charge is 0.251 e. The molecule has 3 unspecified atom stereocenters. The fourth-order valence-electron chi connectivity index (χ4n) is 11.7. The minimum Gasteiger partial charge on any atom is -0.545 e. The van der Waals surface area contributed by atoms with Gasteiger partial charge < -0.3 is 61.7 Å². The Balaban J connectivity index is 0.866. The number of fused-ring (bicyclic) bond motifs is 2. The number of benzene rings is 5. The van der Waals surface area contributed by atoms with Gasteiger partial charge >= 0.3 is 0 Å². The standard InChI is InChI=1S/C75H102N8O11/c1-6-7-8-9-10-11-12-14-17-21-24-30-69(87)80-65(48-53-33-40-58(85)41-34-53)74(91)81-64(47-52-31-38-57(84)39-32-52)73(90)78-45-26-22-19-16-13-15-18-20-23-29-68(86)79-63(71(76)88)28-25-27-46-77-72(89)54-35-42-59(62(49-54)75(92)93)70-60-43-36-55(82(2)3)50-66(60)94-67-51-56(83(4)5)37-44-61(67)70/h31-44,49-51,63-65H,6-30,45-48H2,1-5H3,(H9-,76,77,78,79,80,81,84,85,86,87,88,89,90,91,92,93). The number of nitrogens with zero attached hydrogens (tertiary/aromatic N) is 2. The fraction of sp³-hybridized carbons (Fsp3) is 0.493. The largest absolute Gasteiger partial charge is 0.545 e. The van der Waals surface area contributed by atoms with Crippen LogP contribution in [0.2, 0.25) is 0 Å². The summed E-state index contributed by atoms with van der Waals surface area (Å²) in [5.41, 5.74) is 10.3. The molecule has 19 nitrogen and oxygen atoms in total. The number of nitrogens with two attached hydrogens (primary N) is 1. The van der Waals surface area contributed by atoms with Crippen molar-refractivity contribution in [2.24, 2.45) is 5.73 Å². The maximum absolute atomic E-state index is 14.1. The van der Waals surface area contributed by atoms with Crippen molar-refractivity contribution in [3.8, 4) is 33.9 Å². The fourth-order valence-corrected chi connectivity index (χ4v) is 11.7. The predicted octanol–water partition coefficient (Wildman–Crippen LogP) is 10.1. The Hall–Kier alpha value is -8.74. The molecule has 0 radical (unpaired) electrons. The molecular weight excluding hydrogens is 1190 g/mol. The number of hydrogen-bond acceptors (Lipinski definition) is 12. The molecule has 9 N–H and O–H groups in total. The van der Waals surface area contributed by atoms with Gasteiger partial charge in [0, 0.05) is 98.3 Å². The molecule has 0 fully saturated rings. The highest BCUT2D eigenvalue weighted by Gasteiger charge is 2.28. The first-order chi connectivity index (χ1) is 45.3. The van der Waals surface area contributed by atoms with Gasteiger partial charge in [-0.2, -0.15) is 0 Å². The van der Waals surface area contributed by atoms with Crippen LogP contribution in [0, 0.1) is 0 Å². The Bertz CT molecular complexity index is 3450. The van der Waals surface area contributed by atoms with Crippen molar-refractivity contribution in [2.45, 2.75) is 198 Å². The number of primary amides is 1. The number of anilines is 1. The zero-order chi connectivity index (χ0) is 67.8. The molecule has 19 heteroatoms. The van der Waals surface area contributed by atoms with Crippen LogP contribution < -0.4 is 52.3 Å². The van der Waals surface area contributed by atoms with Crippen LogP contribution in [0.15, 0.2) is 108 Å². The van der Waals surface area contributed by atoms with Gasteiger partial charge in [0.25, 0.3) is 5.91 Å². The maximum Gasteiger partial charge on any atom is 0.251 e. The number of aromatic carboxylic acids is 1. The summed E-state index contributed by atoms with van der Waals surface area (Å²) in [5, 5.41) is 48.7. The van der Waals surface area contributed by atoms with Crippen molar-refractivity contribution >= 4 is 58.1 Å². The zero-order valence-electron chi connectivity index (χ0n) is 56.1. The summed E-state index contributed by atoms with van der Waals surface area (Å²) >= 11 is 0. The lowest BCUT2D eigenvalue weighted by Crippen LogP contribution is -2.55. The molecule has 4 aromatic rings. The number of carbonyl (C=O) groups excluding carboxylic acids is 7. The number of carboxylic acid groups (broad SMARTS) is 1. The third kappa shape index (κ3) is 25.0. The van der Waals surface area contributed by atoms with Gasteiger partial charge in [-0.05, 0) is 110 Å². The lowest BCUT2D eigenvalue weighted by atomic mass is 9.89. The van der Waals surface area contributed by atoms with Gasteiger partial charge in [-0.25, -0.2) is 4.58 Å². The molecule has 0 saturated heterocycles. The van der Waals surface area contributed by atoms with Crippen molar-refractivity contribution in [1.82, 2.24) is 31.2 Å². The monoisotopic (exact) mass is 1290 g/mol. The maximum atomic E-state index is 14.1. The highest BCUT2D eigenvalue weighted by Crippen LogP contribution is 2.42. The molecule has 3 atom stereocenters. The highest BCUT2D eigenvalue weighted by molar-refractivity contribution is 6.09. The summed E-state index contributed by atoms with van der Waals surface area (Å²) in [6.07, 6.45) is 23.0. The summed E-state index contributed by atoms with van der Waals surface area (Å²) in [6, 6.07) is 26.2. The molecular formula is C75H102N8O11. The van der Waals surface area contributed by atoms with E-state index in [1.54, 1.807) is 36.4 Å². The number of hydrogen-bond donors (Lipinski definition) is 8. The van der Waals surface area contributed by atoms with E-state index in [0.717, 1.165) is 92.8 Å². The topological polar surface area (TPSA) is 289 Å². The molecule has 94 heavy (non-hydrogen) atoms. The van der Waals surface area contributed by atoms with Crippen LogP contribution in [0.3, 0.4) is 0 Å². The van der Waals surface area contributed by atoms with E-state index in [9.17, 15) is 48.9 Å². The summed E-state index contributed by atoms with van der Waals surface area (Å²) in [4.78, 5) is 94.5. The molecule has 508 valence electrons. The molecule has 2 aliphatic rings. The third-order valence-electron chi connectivity index (χ3n) is 17.3. The Kier molecular flexibility index (Phi) is 31.4. The van der Waals surface area contributed by atoms with Crippen molar-refractivity contribution < 1.29 is 53.3 Å². The van der Waals surface area contributed by atoms with E-state index < -0.39 is 41.8 Å². The molecule has 1 aliphatic heterocycles. The summed E-state index contributed by atoms with van der Waals surface area (Å²) in [5.74, 6) is -3.15. The molecule has 6 rings (SSSR count). The molecule has 0 bridgehead atoms. The quantitative estimate of drug-likeness (QED) is 0.0101. The molecule has 0 spiro atoms. The number of nitrogens with one attached hydrogen (secondary N) is 5. The van der Waals surface area contributed by atoms with Crippen molar-refractivity contribution in [3.05, 3.63) is 131 Å². The van der Waals surface area contributed by atoms with E-state index in [0.29, 0.717) is 65.6 Å². The second kappa shape index (κ2) is 39.7. The number of rotatable bonds is 43. The molecule has 1 heterocycles. The number of amides is 6. The number of phenolic OH excluding ortho intramolecular Hbond substituents is 2. The van der Waals surface area contributed by atoms with E-state index in [2.05, 4.69) is 33.5 Å². The van der Waals surface area contributed by atoms with Crippen molar-refractivity contribution in [3.63, 3.8) is 0 Å². The molecule has 6 amide bonds. The van der Waals surface area contributed by atoms with Gasteiger partial charge in [0.05, 0.1) is 12.0 Å². The van der Waals surface area contributed by atoms with Crippen LogP contribution in [-0.4, -0.2) is 111 Å². The Labute approximate surface area is 555 Å². The van der Waals surface area contributed by atoms with E-state index >= 15 is 0 Å². The van der Waals surface area contributed by atoms with Crippen LogP contribution in [0.4, 0.5) is 5.69 Å². The second-order valence-electron chi connectivity index (χ2n) is 25.4. The Morgan fingerprint density at radius 3 is 1.57 bits per heavy atom. The lowest BCUT2D eigenvalue weighted by Gasteiger charge is -2.24. The Morgan fingerprint density at radius 2 is 1.04 bits per heavy atom. The summed E-state index contributed by atoms with van der Waals surface area (Å²) < 4.78 is 8.36. The molecule has 1 aliphatic carbocycles. The molecule has 0 saturated carbocycles. The van der Waals surface area contributed by atoms with E-state index in [4.69, 9.17) is 10.2 Å². The van der Waals surface area contributed by atoms with Gasteiger partial charge in [-0.3, -0.25) is 28.8 Å². The third-order valence-corrected chi connectivity index (χ3v) is 17.3. The zero-order valence-corrected chi connectivity index (χ0v) is 56.1. The van der Waals surface area contributed by atoms with E-state index in [-0.39, 0.29) is 79.0 Å².